The first-order valence-electron chi connectivity index (χ1n) is 26.1. The average molecular weight is 1070 g/mol. The smallest absolute Gasteiger partial charge is 0.462 e. The van der Waals surface area contributed by atoms with E-state index in [0.717, 1.165) is 70.6 Å². The molecule has 0 heterocycles. The molecule has 0 radical (unpaired) electrons. The normalized spacial score (nSPS) is 22.2. The molecular weight excluding hydrogens is 975 g/mol. The molecule has 10 atom stereocenters. The number of aliphatic hydroxyl groups is 6. The molecule has 0 aromatic carbocycles. The number of carbonyl (C=O) groups is 2. The van der Waals surface area contributed by atoms with Gasteiger partial charge in [0.1, 0.15) is 43.2 Å². The maximum Gasteiger partial charge on any atom is 0.472 e. The Hall–Kier alpha value is -2.64. The van der Waals surface area contributed by atoms with E-state index < -0.39 is 95.7 Å². The Balaban J connectivity index is 2.65. The van der Waals surface area contributed by atoms with Crippen LogP contribution in [0.25, 0.3) is 0 Å². The zero-order valence-electron chi connectivity index (χ0n) is 42.8. The fourth-order valence-corrected chi connectivity index (χ4v) is 9.03. The van der Waals surface area contributed by atoms with Gasteiger partial charge in [-0.2, -0.15) is 0 Å². The van der Waals surface area contributed by atoms with Gasteiger partial charge in [-0.15, -0.1) is 0 Å². The molecule has 0 aromatic heterocycles. The van der Waals surface area contributed by atoms with Gasteiger partial charge in [-0.25, -0.2) is 9.13 Å². The third kappa shape index (κ3) is 34.8. The highest BCUT2D eigenvalue weighted by atomic mass is 31.2. The summed E-state index contributed by atoms with van der Waals surface area (Å²) in [4.78, 5) is 54.5. The third-order valence-electron chi connectivity index (χ3n) is 11.7. The van der Waals surface area contributed by atoms with Crippen molar-refractivity contribution >= 4 is 27.6 Å². The predicted molar refractivity (Wildman–Crippen MR) is 276 cm³/mol. The number of hydrogen-bond acceptors (Lipinski definition) is 15. The Labute approximate surface area is 428 Å². The van der Waals surface area contributed by atoms with Gasteiger partial charge >= 0.3 is 27.6 Å². The van der Waals surface area contributed by atoms with Crippen LogP contribution < -0.4 is 0 Å². The first-order chi connectivity index (χ1) is 34.4. The number of hydrogen-bond donors (Lipinski definition) is 9. The van der Waals surface area contributed by atoms with Gasteiger partial charge in [-0.1, -0.05) is 145 Å². The Morgan fingerprint density at radius 3 is 1.49 bits per heavy atom. The number of allylic oxidation sites excluding steroid dienone is 11. The fraction of sp³-hybridized carbons (Fsp3) is 0.731. The maximum absolute atomic E-state index is 13.0. The zero-order chi connectivity index (χ0) is 53.5. The molecule has 1 saturated carbocycles. The topological polar surface area (TPSA) is 296 Å². The van der Waals surface area contributed by atoms with E-state index in [1.54, 1.807) is 6.08 Å². The number of phosphoric acid groups is 2. The summed E-state index contributed by atoms with van der Waals surface area (Å²) in [5, 5.41) is 62.2. The summed E-state index contributed by atoms with van der Waals surface area (Å²) >= 11 is 0. The molecule has 416 valence electrons. The van der Waals surface area contributed by atoms with E-state index in [1.807, 2.05) is 12.2 Å². The van der Waals surface area contributed by atoms with Gasteiger partial charge in [0.25, 0.3) is 0 Å². The SMILES string of the molecule is CCCCC/C=C\C/C=C\C/C=C\CC(O)C(O)CCCC(=O)O[C@H](COC(=O)CCCCCCCC/C=C\C/C=C\C/C=C\CCCCCC)COP(=O)(O)O[C@H]1C(O)C(O)C(O)[C@@H](OP(=O)(O)O)C1O. The van der Waals surface area contributed by atoms with Crippen molar-refractivity contribution < 1.29 is 87.1 Å². The minimum atomic E-state index is -5.41. The lowest BCUT2D eigenvalue weighted by atomic mass is 9.85. The standard InChI is InChI=1S/C52H90O18P2/c1-3-5-7-9-11-13-15-17-18-19-20-21-22-23-24-26-28-30-32-34-38-45(55)66-40-42(41-67-72(64,65)70-52-49(59)47(57)48(58)51(50(52)60)69-71(61,62)63)68-46(56)39-35-37-44(54)43(53)36-33-31-29-27-25-16-14-12-10-8-6-4-2/h12-15,18-19,21-22,25,27,31,33,42-44,47-54,57-60H,3-11,16-17,20,23-24,26,28-30,32,34-41H2,1-2H3,(H,64,65)(H2,61,62,63)/b14-12-,15-13-,19-18-,22-21-,27-25-,33-31-/t42-,43?,44?,47?,48?,49?,50?,51-,52+/m1/s1. The van der Waals surface area contributed by atoms with E-state index in [1.165, 1.54) is 44.9 Å². The molecule has 9 N–H and O–H groups in total. The van der Waals surface area contributed by atoms with Gasteiger partial charge in [-0.3, -0.25) is 23.2 Å². The molecule has 0 aliphatic heterocycles. The highest BCUT2D eigenvalue weighted by Gasteiger charge is 2.54. The van der Waals surface area contributed by atoms with Crippen LogP contribution in [0.5, 0.6) is 0 Å². The second-order valence-corrected chi connectivity index (χ2v) is 20.8. The van der Waals surface area contributed by atoms with Crippen LogP contribution in [0.4, 0.5) is 0 Å². The number of aliphatic hydroxyl groups excluding tert-OH is 6. The Morgan fingerprint density at radius 1 is 0.500 bits per heavy atom. The lowest BCUT2D eigenvalue weighted by Gasteiger charge is -2.43. The van der Waals surface area contributed by atoms with Crippen LogP contribution in [0.3, 0.4) is 0 Å². The van der Waals surface area contributed by atoms with Crippen LogP contribution in [0, 0.1) is 0 Å². The number of esters is 2. The Morgan fingerprint density at radius 2 is 0.944 bits per heavy atom. The van der Waals surface area contributed by atoms with E-state index >= 15 is 0 Å². The van der Waals surface area contributed by atoms with E-state index in [9.17, 15) is 64.0 Å². The first kappa shape index (κ1) is 67.4. The van der Waals surface area contributed by atoms with Crippen LogP contribution in [0.15, 0.2) is 72.9 Å². The fourth-order valence-electron chi connectivity index (χ4n) is 7.49. The van der Waals surface area contributed by atoms with Gasteiger partial charge < -0.3 is 54.8 Å². The van der Waals surface area contributed by atoms with Crippen molar-refractivity contribution in [2.24, 2.45) is 0 Å². The molecule has 0 aromatic rings. The molecule has 0 saturated heterocycles. The zero-order valence-corrected chi connectivity index (χ0v) is 44.6. The Bertz CT molecular complexity index is 1700. The van der Waals surface area contributed by atoms with Crippen molar-refractivity contribution in [1.82, 2.24) is 0 Å². The molecule has 1 aliphatic rings. The van der Waals surface area contributed by atoms with Crippen LogP contribution in [-0.4, -0.2) is 125 Å². The maximum atomic E-state index is 13.0. The summed E-state index contributed by atoms with van der Waals surface area (Å²) in [5.74, 6) is -1.51. The Kier molecular flexibility index (Phi) is 38.9. The molecule has 20 heteroatoms. The van der Waals surface area contributed by atoms with Crippen molar-refractivity contribution in [2.75, 3.05) is 13.2 Å². The van der Waals surface area contributed by atoms with E-state index in [2.05, 4.69) is 73.1 Å². The molecule has 1 rings (SSSR count). The minimum absolute atomic E-state index is 0.0242. The van der Waals surface area contributed by atoms with Crippen molar-refractivity contribution in [3.63, 3.8) is 0 Å². The summed E-state index contributed by atoms with van der Waals surface area (Å²) in [6.45, 7) is 2.82. The monoisotopic (exact) mass is 1060 g/mol. The molecule has 0 spiro atoms. The summed E-state index contributed by atoms with van der Waals surface area (Å²) in [6.07, 6.45) is 28.4. The molecule has 0 bridgehead atoms. The van der Waals surface area contributed by atoms with E-state index in [-0.39, 0.29) is 32.1 Å². The lowest BCUT2D eigenvalue weighted by molar-refractivity contribution is -0.216. The van der Waals surface area contributed by atoms with E-state index in [0.29, 0.717) is 12.8 Å². The highest BCUT2D eigenvalue weighted by molar-refractivity contribution is 7.47. The number of rotatable bonds is 43. The van der Waals surface area contributed by atoms with Gasteiger partial charge in [0.15, 0.2) is 6.10 Å². The highest BCUT2D eigenvalue weighted by Crippen LogP contribution is 2.49. The summed E-state index contributed by atoms with van der Waals surface area (Å²) in [6, 6.07) is 0. The third-order valence-corrected chi connectivity index (χ3v) is 13.2. The largest absolute Gasteiger partial charge is 0.472 e. The van der Waals surface area contributed by atoms with Crippen LogP contribution >= 0.6 is 15.6 Å². The van der Waals surface area contributed by atoms with Gasteiger partial charge in [0.05, 0.1) is 18.8 Å². The van der Waals surface area contributed by atoms with Gasteiger partial charge in [0, 0.05) is 12.8 Å². The van der Waals surface area contributed by atoms with Crippen molar-refractivity contribution in [3.05, 3.63) is 72.9 Å². The lowest BCUT2D eigenvalue weighted by Crippen LogP contribution is -2.64. The van der Waals surface area contributed by atoms with Gasteiger partial charge in [0.2, 0.25) is 0 Å². The van der Waals surface area contributed by atoms with Crippen molar-refractivity contribution in [2.45, 2.75) is 229 Å². The number of carbonyl (C=O) groups excluding carboxylic acids is 2. The van der Waals surface area contributed by atoms with Crippen LogP contribution in [0.1, 0.15) is 174 Å². The van der Waals surface area contributed by atoms with Crippen molar-refractivity contribution in [1.29, 1.82) is 0 Å². The quantitative estimate of drug-likeness (QED) is 0.0119. The number of ether oxygens (including phenoxy) is 2. The van der Waals surface area contributed by atoms with Crippen LogP contribution in [0.2, 0.25) is 0 Å². The minimum Gasteiger partial charge on any atom is -0.462 e. The van der Waals surface area contributed by atoms with Crippen molar-refractivity contribution in [3.8, 4) is 0 Å². The second kappa shape index (κ2) is 41.6. The van der Waals surface area contributed by atoms with Gasteiger partial charge in [-0.05, 0) is 89.9 Å². The molecule has 72 heavy (non-hydrogen) atoms. The van der Waals surface area contributed by atoms with Crippen LogP contribution in [-0.2, 0) is 41.8 Å². The number of unbranched alkanes of at least 4 members (excludes halogenated alkanes) is 13. The molecule has 0 amide bonds. The second-order valence-electron chi connectivity index (χ2n) is 18.2. The number of phosphoric ester groups is 2. The first-order valence-corrected chi connectivity index (χ1v) is 29.2. The van der Waals surface area contributed by atoms with E-state index in [4.69, 9.17) is 18.5 Å². The molecule has 1 aliphatic carbocycles. The summed E-state index contributed by atoms with van der Waals surface area (Å²) < 4.78 is 49.3. The molecule has 7 unspecified atom stereocenters. The molecular formula is C52H90O18P2. The summed E-state index contributed by atoms with van der Waals surface area (Å²) in [7, 11) is -10.8. The summed E-state index contributed by atoms with van der Waals surface area (Å²) in [5.41, 5.74) is 0. The molecule has 18 nitrogen and oxygen atoms in total. The predicted octanol–water partition coefficient (Wildman–Crippen LogP) is 8.73. The average Bonchev–Trinajstić information content (AvgIpc) is 3.33. The molecule has 1 fully saturated rings.